The van der Waals surface area contributed by atoms with Gasteiger partial charge in [-0.05, 0) is 25.3 Å². The molecule has 4 atom stereocenters. The van der Waals surface area contributed by atoms with Gasteiger partial charge < -0.3 is 14.2 Å². The van der Waals surface area contributed by atoms with Gasteiger partial charge in [0.25, 0.3) is 0 Å². The summed E-state index contributed by atoms with van der Waals surface area (Å²) in [5.74, 6) is 1.50. The fourth-order valence-corrected chi connectivity index (χ4v) is 4.44. The minimum atomic E-state index is -0.541. The Kier molecular flexibility index (Phi) is 4.55. The minimum Gasteiger partial charge on any atom is -0.470 e. The molecule has 8 heteroatoms. The summed E-state index contributed by atoms with van der Waals surface area (Å²) in [6.45, 7) is 3.77. The van der Waals surface area contributed by atoms with Crippen molar-refractivity contribution in [2.24, 2.45) is 11.8 Å². The first-order valence-corrected chi connectivity index (χ1v) is 9.11. The SMILES string of the molecule is COC1CN(C)CC1Oc1cc(NSN2CC3CC3C2)cc(F)n1. The van der Waals surface area contributed by atoms with Crippen LogP contribution in [0, 0.1) is 17.8 Å². The number of hydrogen-bond acceptors (Lipinski definition) is 7. The summed E-state index contributed by atoms with van der Waals surface area (Å²) in [5, 5.41) is 0. The third kappa shape index (κ3) is 3.61. The normalized spacial score (nSPS) is 32.8. The number of likely N-dealkylation sites (N-methyl/N-ethyl adjacent to an activating group) is 1. The molecule has 2 aliphatic heterocycles. The van der Waals surface area contributed by atoms with Crippen LogP contribution in [0.5, 0.6) is 5.88 Å². The summed E-state index contributed by atoms with van der Waals surface area (Å²) >= 11 is 1.54. The lowest BCUT2D eigenvalue weighted by Crippen LogP contribution is -2.32. The highest BCUT2D eigenvalue weighted by Gasteiger charge is 2.45. The number of aromatic nitrogens is 1. The number of halogens is 1. The number of nitrogens with zero attached hydrogens (tertiary/aromatic N) is 3. The Morgan fingerprint density at radius 2 is 1.96 bits per heavy atom. The maximum absolute atomic E-state index is 13.8. The van der Waals surface area contributed by atoms with E-state index in [1.54, 1.807) is 13.2 Å². The van der Waals surface area contributed by atoms with Gasteiger partial charge in [0, 0.05) is 57.6 Å². The van der Waals surface area contributed by atoms with Gasteiger partial charge in [-0.3, -0.25) is 4.90 Å². The Bertz CT molecular complexity index is 597. The molecule has 0 spiro atoms. The Labute approximate surface area is 146 Å². The Morgan fingerprint density at radius 3 is 2.71 bits per heavy atom. The molecule has 0 radical (unpaired) electrons. The lowest BCUT2D eigenvalue weighted by molar-refractivity contribution is 0.0318. The van der Waals surface area contributed by atoms with E-state index in [0.717, 1.165) is 38.0 Å². The van der Waals surface area contributed by atoms with Gasteiger partial charge in [0.2, 0.25) is 11.8 Å². The molecule has 132 valence electrons. The number of anilines is 1. The van der Waals surface area contributed by atoms with Gasteiger partial charge in [-0.15, -0.1) is 0 Å². The predicted octanol–water partition coefficient (Wildman–Crippen LogP) is 1.86. The van der Waals surface area contributed by atoms with Crippen LogP contribution >= 0.6 is 12.1 Å². The second-order valence-electron chi connectivity index (χ2n) is 6.96. The van der Waals surface area contributed by atoms with E-state index in [0.29, 0.717) is 11.6 Å². The molecule has 1 N–H and O–H groups in total. The van der Waals surface area contributed by atoms with Crippen molar-refractivity contribution in [3.63, 3.8) is 0 Å². The van der Waals surface area contributed by atoms with E-state index in [4.69, 9.17) is 9.47 Å². The fourth-order valence-electron chi connectivity index (χ4n) is 3.56. The van der Waals surface area contributed by atoms with Crippen molar-refractivity contribution in [2.75, 3.05) is 45.1 Å². The number of methoxy groups -OCH3 is 1. The molecule has 4 rings (SSSR count). The first kappa shape index (κ1) is 16.4. The van der Waals surface area contributed by atoms with Gasteiger partial charge in [-0.2, -0.15) is 9.37 Å². The predicted molar refractivity (Wildman–Crippen MR) is 91.3 cm³/mol. The monoisotopic (exact) mass is 354 g/mol. The molecule has 6 nitrogen and oxygen atoms in total. The molecule has 1 aliphatic carbocycles. The molecule has 1 saturated carbocycles. The zero-order valence-corrected chi connectivity index (χ0v) is 14.8. The number of nitrogens with one attached hydrogen (secondary N) is 1. The summed E-state index contributed by atoms with van der Waals surface area (Å²) in [4.78, 5) is 5.99. The van der Waals surface area contributed by atoms with Crippen molar-refractivity contribution in [2.45, 2.75) is 18.6 Å². The number of pyridine rings is 1. The van der Waals surface area contributed by atoms with Crippen LogP contribution < -0.4 is 9.46 Å². The van der Waals surface area contributed by atoms with E-state index in [9.17, 15) is 4.39 Å². The van der Waals surface area contributed by atoms with E-state index in [2.05, 4.69) is 18.9 Å². The molecule has 2 saturated heterocycles. The molecule has 3 fully saturated rings. The lowest BCUT2D eigenvalue weighted by atomic mass is 10.2. The van der Waals surface area contributed by atoms with Crippen LogP contribution in [-0.2, 0) is 4.74 Å². The first-order valence-electron chi connectivity index (χ1n) is 8.34. The van der Waals surface area contributed by atoms with Crippen molar-refractivity contribution in [3.05, 3.63) is 18.1 Å². The maximum Gasteiger partial charge on any atom is 0.218 e. The molecular weight excluding hydrogens is 331 g/mol. The van der Waals surface area contributed by atoms with E-state index in [-0.39, 0.29) is 12.2 Å². The zero-order chi connectivity index (χ0) is 16.7. The topological polar surface area (TPSA) is 49.9 Å². The molecule has 4 unspecified atom stereocenters. The summed E-state index contributed by atoms with van der Waals surface area (Å²) in [6.07, 6.45) is 1.21. The van der Waals surface area contributed by atoms with Gasteiger partial charge >= 0.3 is 0 Å². The number of rotatable bonds is 6. The molecule has 3 heterocycles. The van der Waals surface area contributed by atoms with E-state index in [1.807, 2.05) is 7.05 Å². The minimum absolute atomic E-state index is 0.0258. The second kappa shape index (κ2) is 6.67. The number of fused-ring (bicyclic) bond motifs is 1. The van der Waals surface area contributed by atoms with E-state index >= 15 is 0 Å². The second-order valence-corrected chi connectivity index (χ2v) is 7.87. The van der Waals surface area contributed by atoms with Crippen LogP contribution in [0.15, 0.2) is 12.1 Å². The lowest BCUT2D eigenvalue weighted by Gasteiger charge is -2.19. The zero-order valence-electron chi connectivity index (χ0n) is 13.9. The summed E-state index contributed by atoms with van der Waals surface area (Å²) in [6, 6.07) is 3.14. The molecule has 0 bridgehead atoms. The summed E-state index contributed by atoms with van der Waals surface area (Å²) in [5.41, 5.74) is 0.670. The summed E-state index contributed by atoms with van der Waals surface area (Å²) < 4.78 is 30.7. The molecule has 3 aliphatic rings. The van der Waals surface area contributed by atoms with Crippen molar-refractivity contribution in [3.8, 4) is 5.88 Å². The van der Waals surface area contributed by atoms with Crippen LogP contribution in [0.1, 0.15) is 6.42 Å². The van der Waals surface area contributed by atoms with Gasteiger partial charge in [0.1, 0.15) is 12.2 Å². The van der Waals surface area contributed by atoms with Crippen LogP contribution in [0.3, 0.4) is 0 Å². The quantitative estimate of drug-likeness (QED) is 0.618. The third-order valence-corrected chi connectivity index (χ3v) is 5.86. The third-order valence-electron chi connectivity index (χ3n) is 4.98. The Balaban J connectivity index is 1.37. The van der Waals surface area contributed by atoms with E-state index < -0.39 is 5.95 Å². The van der Waals surface area contributed by atoms with Crippen molar-refractivity contribution >= 4 is 17.8 Å². The summed E-state index contributed by atoms with van der Waals surface area (Å²) in [7, 11) is 3.68. The van der Waals surface area contributed by atoms with Crippen molar-refractivity contribution < 1.29 is 13.9 Å². The average molecular weight is 354 g/mol. The molecule has 0 aromatic carbocycles. The average Bonchev–Trinajstić information content (AvgIpc) is 2.99. The number of hydrogen-bond donors (Lipinski definition) is 1. The highest BCUT2D eigenvalue weighted by molar-refractivity contribution is 7.98. The first-order chi connectivity index (χ1) is 11.6. The van der Waals surface area contributed by atoms with E-state index in [1.165, 1.54) is 24.6 Å². The van der Waals surface area contributed by atoms with Crippen LogP contribution in [0.4, 0.5) is 10.1 Å². The molecule has 24 heavy (non-hydrogen) atoms. The highest BCUT2D eigenvalue weighted by Crippen LogP contribution is 2.46. The number of likely N-dealkylation sites (tertiary alicyclic amines) is 1. The molecule has 0 amide bonds. The Morgan fingerprint density at radius 1 is 1.21 bits per heavy atom. The largest absolute Gasteiger partial charge is 0.470 e. The Hall–Kier alpha value is -1.09. The van der Waals surface area contributed by atoms with Crippen LogP contribution in [0.25, 0.3) is 0 Å². The van der Waals surface area contributed by atoms with Crippen LogP contribution in [0.2, 0.25) is 0 Å². The number of ether oxygens (including phenoxy) is 2. The standard InChI is InChI=1S/C16H23FN4O2S/c1-20-8-13(22-2)14(9-20)23-16-5-12(4-15(17)18-16)19-24-21-6-10-3-11(10)7-21/h4-5,10-11,13-14H,3,6-9H2,1-2H3,(H,18,19). The van der Waals surface area contributed by atoms with Crippen LogP contribution in [-0.4, -0.2) is 66.7 Å². The molecule has 1 aromatic rings. The highest BCUT2D eigenvalue weighted by atomic mass is 32.2. The smallest absolute Gasteiger partial charge is 0.218 e. The van der Waals surface area contributed by atoms with Gasteiger partial charge in [-0.25, -0.2) is 4.31 Å². The van der Waals surface area contributed by atoms with Gasteiger partial charge in [-0.1, -0.05) is 0 Å². The molecule has 1 aromatic heterocycles. The molecular formula is C16H23FN4O2S. The van der Waals surface area contributed by atoms with Gasteiger partial charge in [0.05, 0.1) is 5.69 Å². The maximum atomic E-state index is 13.8. The van der Waals surface area contributed by atoms with Gasteiger partial charge in [0.15, 0.2) is 0 Å². The van der Waals surface area contributed by atoms with Crippen molar-refractivity contribution in [1.29, 1.82) is 0 Å². The fraction of sp³-hybridized carbons (Fsp3) is 0.688. The van der Waals surface area contributed by atoms with Crippen molar-refractivity contribution in [1.82, 2.24) is 14.2 Å². The number of piperidine rings is 1.